The van der Waals surface area contributed by atoms with E-state index in [1.54, 1.807) is 22.9 Å². The summed E-state index contributed by atoms with van der Waals surface area (Å²) < 4.78 is 15.3. The minimum absolute atomic E-state index is 0.0330. The molecule has 0 atom stereocenters. The van der Waals surface area contributed by atoms with Gasteiger partial charge in [-0.15, -0.1) is 0 Å². The maximum absolute atomic E-state index is 13.5. The standard InChI is InChI=1S/C33H27FN2O2/c34-25-15-13-22(14-16-25)19-36-20-29-30(21-37)26-12-7-17-35-32(26)28(31(29)33(36)38)18-27(23-8-3-1-4-9-23)24-10-5-2-6-11-24/h1-17,20,27,37-38H,18-19,21H2. The van der Waals surface area contributed by atoms with Crippen molar-refractivity contribution in [3.8, 4) is 5.88 Å². The van der Waals surface area contributed by atoms with Gasteiger partial charge in [-0.1, -0.05) is 78.9 Å². The van der Waals surface area contributed by atoms with Crippen LogP contribution < -0.4 is 0 Å². The number of aromatic hydroxyl groups is 1. The van der Waals surface area contributed by atoms with Crippen LogP contribution >= 0.6 is 0 Å². The van der Waals surface area contributed by atoms with Crippen LogP contribution in [-0.4, -0.2) is 19.8 Å². The molecule has 0 aliphatic carbocycles. The first kappa shape index (κ1) is 23.9. The first-order chi connectivity index (χ1) is 18.6. The van der Waals surface area contributed by atoms with Crippen LogP contribution in [0.1, 0.15) is 33.7 Å². The zero-order valence-corrected chi connectivity index (χ0v) is 20.8. The number of aliphatic hydroxyl groups excluding tert-OH is 1. The lowest BCUT2D eigenvalue weighted by atomic mass is 9.83. The quantitative estimate of drug-likeness (QED) is 0.248. The zero-order chi connectivity index (χ0) is 26.1. The van der Waals surface area contributed by atoms with Crippen LogP contribution in [0.5, 0.6) is 5.88 Å². The third-order valence-corrected chi connectivity index (χ3v) is 7.33. The summed E-state index contributed by atoms with van der Waals surface area (Å²) in [7, 11) is 0. The second-order valence-electron chi connectivity index (χ2n) is 9.59. The van der Waals surface area contributed by atoms with E-state index in [0.29, 0.717) is 18.4 Å². The number of pyridine rings is 1. The lowest BCUT2D eigenvalue weighted by Crippen LogP contribution is -2.07. The molecule has 2 N–H and O–H groups in total. The lowest BCUT2D eigenvalue weighted by molar-refractivity contribution is 0.285. The molecule has 0 radical (unpaired) electrons. The molecule has 2 heterocycles. The molecule has 0 fully saturated rings. The Kier molecular flexibility index (Phi) is 6.36. The fourth-order valence-corrected chi connectivity index (χ4v) is 5.50. The molecule has 6 rings (SSSR count). The molecule has 4 aromatic carbocycles. The van der Waals surface area contributed by atoms with E-state index in [0.717, 1.165) is 33.0 Å². The van der Waals surface area contributed by atoms with E-state index in [1.807, 2.05) is 54.7 Å². The molecule has 0 spiro atoms. The minimum Gasteiger partial charge on any atom is -0.494 e. The molecule has 0 saturated carbocycles. The Bertz CT molecular complexity index is 1670. The van der Waals surface area contributed by atoms with E-state index >= 15 is 0 Å². The highest BCUT2D eigenvalue weighted by Crippen LogP contribution is 2.42. The van der Waals surface area contributed by atoms with E-state index in [9.17, 15) is 14.6 Å². The van der Waals surface area contributed by atoms with Crippen molar-refractivity contribution in [2.24, 2.45) is 0 Å². The van der Waals surface area contributed by atoms with Crippen LogP contribution in [-0.2, 0) is 19.6 Å². The Labute approximate surface area is 220 Å². The van der Waals surface area contributed by atoms with Crippen LogP contribution in [0.15, 0.2) is 109 Å². The minimum atomic E-state index is -0.300. The fourth-order valence-electron chi connectivity index (χ4n) is 5.50. The molecule has 0 amide bonds. The topological polar surface area (TPSA) is 58.3 Å². The Hall–Kier alpha value is -4.48. The van der Waals surface area contributed by atoms with Crippen LogP contribution in [0.25, 0.3) is 21.7 Å². The normalized spacial score (nSPS) is 11.6. The molecular weight excluding hydrogens is 475 g/mol. The van der Waals surface area contributed by atoms with Crippen LogP contribution in [0.2, 0.25) is 0 Å². The van der Waals surface area contributed by atoms with Gasteiger partial charge in [0.05, 0.1) is 18.7 Å². The van der Waals surface area contributed by atoms with Crippen molar-refractivity contribution < 1.29 is 14.6 Å². The van der Waals surface area contributed by atoms with Crippen molar-refractivity contribution in [3.63, 3.8) is 0 Å². The van der Waals surface area contributed by atoms with Crippen molar-refractivity contribution in [1.29, 1.82) is 0 Å². The Morgan fingerprint density at radius 2 is 1.42 bits per heavy atom. The second kappa shape index (κ2) is 10.1. The number of halogens is 1. The van der Waals surface area contributed by atoms with Crippen molar-refractivity contribution in [1.82, 2.24) is 9.55 Å². The second-order valence-corrected chi connectivity index (χ2v) is 9.59. The molecule has 4 nitrogen and oxygen atoms in total. The van der Waals surface area contributed by atoms with Crippen molar-refractivity contribution in [2.45, 2.75) is 25.5 Å². The average Bonchev–Trinajstić information content (AvgIpc) is 3.28. The van der Waals surface area contributed by atoms with Gasteiger partial charge >= 0.3 is 0 Å². The number of benzene rings is 4. The van der Waals surface area contributed by atoms with Gasteiger partial charge in [0.25, 0.3) is 0 Å². The van der Waals surface area contributed by atoms with Gasteiger partial charge in [-0.25, -0.2) is 4.39 Å². The number of fused-ring (bicyclic) bond motifs is 2. The highest BCUT2D eigenvalue weighted by molar-refractivity contribution is 6.06. The number of hydrogen-bond acceptors (Lipinski definition) is 3. The molecule has 38 heavy (non-hydrogen) atoms. The van der Waals surface area contributed by atoms with Crippen LogP contribution in [0.3, 0.4) is 0 Å². The summed E-state index contributed by atoms with van der Waals surface area (Å²) in [5, 5.41) is 24.4. The summed E-state index contributed by atoms with van der Waals surface area (Å²) in [5.74, 6) is -0.155. The van der Waals surface area contributed by atoms with Gasteiger partial charge in [-0.2, -0.15) is 0 Å². The van der Waals surface area contributed by atoms with Crippen LogP contribution in [0.4, 0.5) is 4.39 Å². The Morgan fingerprint density at radius 1 is 0.763 bits per heavy atom. The number of rotatable bonds is 7. The molecule has 6 aromatic rings. The smallest absolute Gasteiger partial charge is 0.199 e. The zero-order valence-electron chi connectivity index (χ0n) is 20.8. The monoisotopic (exact) mass is 502 g/mol. The van der Waals surface area contributed by atoms with E-state index in [-0.39, 0.29) is 24.2 Å². The van der Waals surface area contributed by atoms with E-state index in [1.165, 1.54) is 23.3 Å². The predicted octanol–water partition coefficient (Wildman–Crippen LogP) is 6.95. The number of aromatic nitrogens is 2. The largest absolute Gasteiger partial charge is 0.494 e. The van der Waals surface area contributed by atoms with Gasteiger partial charge in [-0.3, -0.25) is 4.98 Å². The molecule has 0 bridgehead atoms. The van der Waals surface area contributed by atoms with E-state index in [2.05, 4.69) is 24.3 Å². The SMILES string of the molecule is OCc1c2cccnc2c(CC(c2ccccc2)c2ccccc2)c2c(O)n(Cc3ccc(F)cc3)cc12. The highest BCUT2D eigenvalue weighted by Gasteiger charge is 2.24. The highest BCUT2D eigenvalue weighted by atomic mass is 19.1. The first-order valence-electron chi connectivity index (χ1n) is 12.7. The summed E-state index contributed by atoms with van der Waals surface area (Å²) in [6, 6.07) is 30.8. The summed E-state index contributed by atoms with van der Waals surface area (Å²) in [4.78, 5) is 4.75. The average molecular weight is 503 g/mol. The van der Waals surface area contributed by atoms with Crippen molar-refractivity contribution in [2.75, 3.05) is 0 Å². The predicted molar refractivity (Wildman–Crippen MR) is 149 cm³/mol. The van der Waals surface area contributed by atoms with Gasteiger partial charge in [0.1, 0.15) is 5.82 Å². The lowest BCUT2D eigenvalue weighted by Gasteiger charge is -2.21. The fraction of sp³-hybridized carbons (Fsp3) is 0.121. The maximum Gasteiger partial charge on any atom is 0.199 e. The van der Waals surface area contributed by atoms with Gasteiger partial charge < -0.3 is 14.8 Å². The number of nitrogens with zero attached hydrogens (tertiary/aromatic N) is 2. The molecule has 5 heteroatoms. The Balaban J connectivity index is 1.58. The molecule has 0 saturated heterocycles. The third kappa shape index (κ3) is 4.31. The molecular formula is C33H27FN2O2. The number of hydrogen-bond donors (Lipinski definition) is 2. The van der Waals surface area contributed by atoms with Crippen molar-refractivity contribution in [3.05, 3.63) is 143 Å². The molecule has 0 unspecified atom stereocenters. The summed E-state index contributed by atoms with van der Waals surface area (Å²) in [5.41, 5.74) is 5.65. The van der Waals surface area contributed by atoms with Gasteiger partial charge in [0.15, 0.2) is 5.88 Å². The molecule has 188 valence electrons. The molecule has 0 aliphatic heterocycles. The summed E-state index contributed by atoms with van der Waals surface area (Å²) in [6.07, 6.45) is 4.25. The van der Waals surface area contributed by atoms with Gasteiger partial charge in [0, 0.05) is 34.5 Å². The van der Waals surface area contributed by atoms with E-state index in [4.69, 9.17) is 4.98 Å². The van der Waals surface area contributed by atoms with Crippen molar-refractivity contribution >= 4 is 21.7 Å². The van der Waals surface area contributed by atoms with Gasteiger partial charge in [-0.05, 0) is 52.4 Å². The first-order valence-corrected chi connectivity index (χ1v) is 12.7. The summed E-state index contributed by atoms with van der Waals surface area (Å²) in [6.45, 7) is 0.190. The van der Waals surface area contributed by atoms with Gasteiger partial charge in [0.2, 0.25) is 0 Å². The molecule has 0 aliphatic rings. The maximum atomic E-state index is 13.5. The number of aliphatic hydroxyl groups is 1. The van der Waals surface area contributed by atoms with E-state index < -0.39 is 0 Å². The van der Waals surface area contributed by atoms with Crippen LogP contribution in [0, 0.1) is 5.82 Å². The molecule has 2 aromatic heterocycles. The summed E-state index contributed by atoms with van der Waals surface area (Å²) >= 11 is 0. The third-order valence-electron chi connectivity index (χ3n) is 7.33. The Morgan fingerprint density at radius 3 is 2.05 bits per heavy atom.